The molecule has 0 fully saturated rings. The maximum Gasteiger partial charge on any atom is 0.244 e. The number of ketones is 1. The van der Waals surface area contributed by atoms with Crippen molar-refractivity contribution in [1.82, 2.24) is 0 Å². The van der Waals surface area contributed by atoms with Gasteiger partial charge in [0, 0.05) is 9.40 Å². The van der Waals surface area contributed by atoms with Gasteiger partial charge in [-0.25, -0.2) is 8.78 Å². The lowest BCUT2D eigenvalue weighted by molar-refractivity contribution is 0.103. The molecular weight excluding hydrogens is 378 g/mol. The van der Waals surface area contributed by atoms with Gasteiger partial charge in [-0.3, -0.25) is 14.4 Å². The Morgan fingerprint density at radius 3 is 1.54 bits per heavy atom. The van der Waals surface area contributed by atoms with Crippen LogP contribution >= 0.6 is 22.7 Å². The van der Waals surface area contributed by atoms with E-state index in [4.69, 9.17) is 0 Å². The summed E-state index contributed by atoms with van der Waals surface area (Å²) in [7, 11) is 0. The van der Waals surface area contributed by atoms with E-state index >= 15 is 0 Å². The Bertz CT molecular complexity index is 1220. The van der Waals surface area contributed by atoms with Crippen molar-refractivity contribution in [2.45, 2.75) is 0 Å². The Hall–Kier alpha value is -2.77. The van der Waals surface area contributed by atoms with Crippen molar-refractivity contribution in [1.29, 1.82) is 0 Å². The summed E-state index contributed by atoms with van der Waals surface area (Å²) in [5.41, 5.74) is -0.402. The summed E-state index contributed by atoms with van der Waals surface area (Å²) in [5.74, 6) is -1.73. The van der Waals surface area contributed by atoms with E-state index in [1.807, 2.05) is 0 Å². The molecule has 0 bridgehead atoms. The second-order valence-corrected chi connectivity index (χ2v) is 7.62. The Labute approximate surface area is 152 Å². The van der Waals surface area contributed by atoms with Crippen LogP contribution in [0.25, 0.3) is 20.2 Å². The summed E-state index contributed by atoms with van der Waals surface area (Å²) in [6.07, 6.45) is 0. The number of hydrogen-bond acceptors (Lipinski definition) is 5. The van der Waals surface area contributed by atoms with Gasteiger partial charge in [-0.2, -0.15) is 0 Å². The van der Waals surface area contributed by atoms with Crippen LogP contribution in [-0.2, 0) is 0 Å². The number of fused-ring (bicyclic) bond motifs is 2. The number of carbonyl (C=O) groups is 1. The highest BCUT2D eigenvalue weighted by atomic mass is 32.1. The van der Waals surface area contributed by atoms with Crippen LogP contribution in [0.2, 0.25) is 0 Å². The van der Waals surface area contributed by atoms with E-state index in [9.17, 15) is 23.2 Å². The predicted octanol–water partition coefficient (Wildman–Crippen LogP) is 4.35. The Kier molecular flexibility index (Phi) is 3.97. The van der Waals surface area contributed by atoms with Crippen LogP contribution in [0.4, 0.5) is 8.78 Å². The molecule has 7 heteroatoms. The van der Waals surface area contributed by atoms with Gasteiger partial charge in [0.25, 0.3) is 0 Å². The molecule has 0 saturated heterocycles. The number of hydrogen-bond donors (Lipinski definition) is 0. The zero-order valence-electron chi connectivity index (χ0n) is 12.9. The minimum absolute atomic E-state index is 0.201. The van der Waals surface area contributed by atoms with Crippen molar-refractivity contribution in [3.8, 4) is 0 Å². The van der Waals surface area contributed by atoms with E-state index < -0.39 is 26.9 Å². The normalized spacial score (nSPS) is 11.2. The van der Waals surface area contributed by atoms with Crippen LogP contribution in [0.15, 0.2) is 58.1 Å². The van der Waals surface area contributed by atoms with Crippen LogP contribution in [0.1, 0.15) is 15.9 Å². The van der Waals surface area contributed by atoms with Crippen molar-refractivity contribution in [3.63, 3.8) is 0 Å². The fraction of sp³-hybridized carbons (Fsp3) is 0. The van der Waals surface area contributed by atoms with Crippen molar-refractivity contribution < 1.29 is 13.6 Å². The number of benzene rings is 2. The molecule has 0 atom stereocenters. The molecule has 2 aromatic heterocycles. The van der Waals surface area contributed by atoms with Gasteiger partial charge in [-0.1, -0.05) is 22.7 Å². The average Bonchev–Trinajstić information content (AvgIpc) is 2.60. The second-order valence-electron chi connectivity index (χ2n) is 5.59. The van der Waals surface area contributed by atoms with E-state index in [1.165, 1.54) is 48.5 Å². The summed E-state index contributed by atoms with van der Waals surface area (Å²) in [6.45, 7) is 0. The molecule has 0 aliphatic rings. The number of halogens is 2. The first-order valence-corrected chi connectivity index (χ1v) is 9.07. The fourth-order valence-corrected chi connectivity index (χ4v) is 4.32. The van der Waals surface area contributed by atoms with Gasteiger partial charge in [0.05, 0.1) is 11.1 Å². The van der Waals surface area contributed by atoms with Gasteiger partial charge in [0.15, 0.2) is 0 Å². The molecule has 0 aliphatic carbocycles. The fourth-order valence-electron chi connectivity index (χ4n) is 2.65. The van der Waals surface area contributed by atoms with Gasteiger partial charge in [0.2, 0.25) is 15.3 Å². The second kappa shape index (κ2) is 6.19. The van der Waals surface area contributed by atoms with Crippen molar-refractivity contribution in [3.05, 3.63) is 90.4 Å². The molecule has 26 heavy (non-hydrogen) atoms. The molecule has 0 amide bonds. The molecule has 2 aromatic carbocycles. The van der Waals surface area contributed by atoms with E-state index in [-0.39, 0.29) is 11.1 Å². The van der Waals surface area contributed by atoms with E-state index in [1.54, 1.807) is 0 Å². The minimum Gasteiger partial charge on any atom is -0.288 e. The highest BCUT2D eigenvalue weighted by molar-refractivity contribution is 7.17. The topological polar surface area (TPSA) is 51.2 Å². The highest BCUT2D eigenvalue weighted by Gasteiger charge is 2.19. The largest absolute Gasteiger partial charge is 0.288 e. The van der Waals surface area contributed by atoms with E-state index in [2.05, 4.69) is 0 Å². The quantitative estimate of drug-likeness (QED) is 0.482. The molecule has 0 unspecified atom stereocenters. The Balaban J connectivity index is 1.92. The summed E-state index contributed by atoms with van der Waals surface area (Å²) in [4.78, 5) is 37.4. The van der Waals surface area contributed by atoms with Crippen LogP contribution in [0, 0.1) is 11.6 Å². The molecule has 0 spiro atoms. The SMILES string of the molecule is O=C(c1cc2cc(F)ccc2sc1=O)c1cc2cc(F)ccc2sc1=O. The van der Waals surface area contributed by atoms with Crippen molar-refractivity contribution in [2.75, 3.05) is 0 Å². The molecule has 0 aliphatic heterocycles. The first-order valence-electron chi connectivity index (χ1n) is 7.44. The van der Waals surface area contributed by atoms with E-state index in [0.29, 0.717) is 20.2 Å². The highest BCUT2D eigenvalue weighted by Crippen LogP contribution is 2.22. The Morgan fingerprint density at radius 2 is 1.12 bits per heavy atom. The smallest absolute Gasteiger partial charge is 0.244 e. The molecule has 0 saturated carbocycles. The monoisotopic (exact) mass is 386 g/mol. The van der Waals surface area contributed by atoms with Crippen molar-refractivity contribution >= 4 is 48.6 Å². The molecular formula is C19H8F2O3S2. The molecule has 4 rings (SSSR count). The van der Waals surface area contributed by atoms with Crippen LogP contribution in [0.3, 0.4) is 0 Å². The average molecular weight is 386 g/mol. The lowest BCUT2D eigenvalue weighted by Crippen LogP contribution is -2.18. The maximum absolute atomic E-state index is 13.4. The molecule has 0 N–H and O–H groups in total. The molecule has 4 aromatic rings. The first kappa shape index (κ1) is 16.7. The molecule has 3 nitrogen and oxygen atoms in total. The lowest BCUT2D eigenvalue weighted by atomic mass is 10.1. The van der Waals surface area contributed by atoms with Gasteiger partial charge < -0.3 is 0 Å². The molecule has 2 heterocycles. The lowest BCUT2D eigenvalue weighted by Gasteiger charge is -2.03. The third-order valence-corrected chi connectivity index (χ3v) is 5.87. The standard InChI is InChI=1S/C19H8F2O3S2/c20-11-1-3-15-9(5-11)7-13(18(23)25-15)17(22)14-8-10-6-12(21)2-4-16(10)26-19(14)24/h1-8H. The number of carbonyl (C=O) groups excluding carboxylic acids is 1. The maximum atomic E-state index is 13.4. The first-order chi connectivity index (χ1) is 12.4. The summed E-state index contributed by atoms with van der Waals surface area (Å²) in [5, 5.41) is 0.807. The Morgan fingerprint density at radius 1 is 0.692 bits per heavy atom. The summed E-state index contributed by atoms with van der Waals surface area (Å²) in [6, 6.07) is 10.4. The van der Waals surface area contributed by atoms with Crippen LogP contribution in [0.5, 0.6) is 0 Å². The van der Waals surface area contributed by atoms with Gasteiger partial charge in [-0.05, 0) is 59.3 Å². The van der Waals surface area contributed by atoms with Crippen molar-refractivity contribution in [2.24, 2.45) is 0 Å². The zero-order chi connectivity index (χ0) is 18.4. The van der Waals surface area contributed by atoms with Gasteiger partial charge >= 0.3 is 0 Å². The van der Waals surface area contributed by atoms with Gasteiger partial charge in [-0.15, -0.1) is 0 Å². The molecule has 128 valence electrons. The third kappa shape index (κ3) is 2.85. The van der Waals surface area contributed by atoms with Crippen LogP contribution in [-0.4, -0.2) is 5.78 Å². The minimum atomic E-state index is -0.746. The zero-order valence-corrected chi connectivity index (χ0v) is 14.5. The summed E-state index contributed by atoms with van der Waals surface area (Å²) >= 11 is 1.62. The van der Waals surface area contributed by atoms with Gasteiger partial charge in [0.1, 0.15) is 11.6 Å². The molecule has 0 radical (unpaired) electrons. The van der Waals surface area contributed by atoms with E-state index in [0.717, 1.165) is 22.7 Å². The predicted molar refractivity (Wildman–Crippen MR) is 99.5 cm³/mol. The third-order valence-electron chi connectivity index (χ3n) is 3.88. The summed E-state index contributed by atoms with van der Waals surface area (Å²) < 4.78 is 26.9. The number of rotatable bonds is 2. The van der Waals surface area contributed by atoms with Crippen LogP contribution < -0.4 is 9.48 Å².